The van der Waals surface area contributed by atoms with Crippen molar-refractivity contribution in [3.63, 3.8) is 0 Å². The molecule has 2 heterocycles. The van der Waals surface area contributed by atoms with Crippen LogP contribution in [0.2, 0.25) is 0 Å². The normalized spacial score (nSPS) is 17.6. The van der Waals surface area contributed by atoms with E-state index in [2.05, 4.69) is 15.3 Å². The maximum atomic E-state index is 12.6. The lowest BCUT2D eigenvalue weighted by atomic mass is 10.0. The lowest BCUT2D eigenvalue weighted by molar-refractivity contribution is -0.134. The Bertz CT molecular complexity index is 708. The summed E-state index contributed by atoms with van der Waals surface area (Å²) in [5.74, 6) is 0.593. The maximum absolute atomic E-state index is 12.6. The molecule has 3 rings (SSSR count). The Morgan fingerprint density at radius 1 is 1.26 bits per heavy atom. The van der Waals surface area contributed by atoms with Gasteiger partial charge in [0.1, 0.15) is 17.9 Å². The number of aromatic nitrogens is 2. The molecule has 1 N–H and O–H groups in total. The van der Waals surface area contributed by atoms with E-state index in [1.807, 2.05) is 41.3 Å². The van der Waals surface area contributed by atoms with Crippen molar-refractivity contribution in [2.45, 2.75) is 25.4 Å². The summed E-state index contributed by atoms with van der Waals surface area (Å²) < 4.78 is 0. The summed E-state index contributed by atoms with van der Waals surface area (Å²) in [5.41, 5.74) is 1.39. The second-order valence-electron chi connectivity index (χ2n) is 5.48. The van der Waals surface area contributed by atoms with Gasteiger partial charge in [-0.15, -0.1) is 0 Å². The predicted molar refractivity (Wildman–Crippen MR) is 85.3 cm³/mol. The Hall–Kier alpha value is -2.94. The smallest absolute Gasteiger partial charge is 0.245 e. The van der Waals surface area contributed by atoms with Crippen LogP contribution in [0.5, 0.6) is 0 Å². The molecule has 1 saturated heterocycles. The number of benzene rings is 1. The van der Waals surface area contributed by atoms with Crippen LogP contribution in [0.4, 0.5) is 5.82 Å². The monoisotopic (exact) mass is 307 g/mol. The van der Waals surface area contributed by atoms with E-state index >= 15 is 0 Å². The van der Waals surface area contributed by atoms with Gasteiger partial charge in [-0.25, -0.2) is 9.97 Å². The summed E-state index contributed by atoms with van der Waals surface area (Å²) in [6.45, 7) is 1.39. The van der Waals surface area contributed by atoms with Gasteiger partial charge in [-0.2, -0.15) is 5.26 Å². The van der Waals surface area contributed by atoms with Gasteiger partial charge < -0.3 is 10.2 Å². The van der Waals surface area contributed by atoms with Gasteiger partial charge in [0.05, 0.1) is 12.4 Å². The SMILES string of the molecule is N#Cc1cnc(NC2CCCN(Cc3ccccc3)C2=O)cn1. The fraction of sp³-hybridized carbons (Fsp3) is 0.294. The van der Waals surface area contributed by atoms with E-state index in [0.29, 0.717) is 12.4 Å². The number of nitrogens with zero attached hydrogens (tertiary/aromatic N) is 4. The fourth-order valence-electron chi connectivity index (χ4n) is 2.67. The Morgan fingerprint density at radius 2 is 2.09 bits per heavy atom. The highest BCUT2D eigenvalue weighted by Gasteiger charge is 2.28. The highest BCUT2D eigenvalue weighted by molar-refractivity contribution is 5.85. The van der Waals surface area contributed by atoms with Crippen LogP contribution in [0.15, 0.2) is 42.7 Å². The van der Waals surface area contributed by atoms with Crippen LogP contribution in [0.25, 0.3) is 0 Å². The van der Waals surface area contributed by atoms with Crippen molar-refractivity contribution in [3.8, 4) is 6.07 Å². The van der Waals surface area contributed by atoms with Crippen molar-refractivity contribution in [2.75, 3.05) is 11.9 Å². The number of nitriles is 1. The number of piperidine rings is 1. The summed E-state index contributed by atoms with van der Waals surface area (Å²) in [7, 11) is 0. The third kappa shape index (κ3) is 3.64. The van der Waals surface area contributed by atoms with Crippen LogP contribution in [-0.4, -0.2) is 33.4 Å². The number of amides is 1. The summed E-state index contributed by atoms with van der Waals surface area (Å²) in [6, 6.07) is 11.6. The molecule has 1 aromatic heterocycles. The zero-order valence-electron chi connectivity index (χ0n) is 12.6. The summed E-state index contributed by atoms with van der Waals surface area (Å²) in [6.07, 6.45) is 4.60. The average molecular weight is 307 g/mol. The van der Waals surface area contributed by atoms with Gasteiger partial charge in [0.2, 0.25) is 5.91 Å². The molecule has 0 bridgehead atoms. The number of hydrogen-bond acceptors (Lipinski definition) is 5. The van der Waals surface area contributed by atoms with Crippen molar-refractivity contribution < 1.29 is 4.79 Å². The van der Waals surface area contributed by atoms with E-state index in [-0.39, 0.29) is 17.6 Å². The van der Waals surface area contributed by atoms with Crippen molar-refractivity contribution in [1.29, 1.82) is 5.26 Å². The molecule has 0 radical (unpaired) electrons. The minimum absolute atomic E-state index is 0.0752. The summed E-state index contributed by atoms with van der Waals surface area (Å²) in [5, 5.41) is 11.9. The lowest BCUT2D eigenvalue weighted by Crippen LogP contribution is -2.47. The van der Waals surface area contributed by atoms with Crippen molar-refractivity contribution >= 4 is 11.7 Å². The van der Waals surface area contributed by atoms with Crippen molar-refractivity contribution in [1.82, 2.24) is 14.9 Å². The third-order valence-electron chi connectivity index (χ3n) is 3.84. The van der Waals surface area contributed by atoms with Gasteiger partial charge in [-0.05, 0) is 18.4 Å². The number of carbonyl (C=O) groups excluding carboxylic acids is 1. The molecule has 116 valence electrons. The first-order chi connectivity index (χ1) is 11.3. The first-order valence-electron chi connectivity index (χ1n) is 7.57. The zero-order valence-corrected chi connectivity index (χ0v) is 12.6. The Labute approximate surface area is 134 Å². The molecular weight excluding hydrogens is 290 g/mol. The molecule has 0 aliphatic carbocycles. The zero-order chi connectivity index (χ0) is 16.1. The summed E-state index contributed by atoms with van der Waals surface area (Å²) in [4.78, 5) is 22.6. The number of rotatable bonds is 4. The molecule has 0 saturated carbocycles. The molecule has 1 atom stereocenters. The van der Waals surface area contributed by atoms with Gasteiger partial charge in [0, 0.05) is 13.1 Å². The van der Waals surface area contributed by atoms with Crippen molar-refractivity contribution in [3.05, 3.63) is 54.0 Å². The summed E-state index contributed by atoms with van der Waals surface area (Å²) >= 11 is 0. The largest absolute Gasteiger partial charge is 0.357 e. The minimum atomic E-state index is -0.297. The molecule has 1 aliphatic rings. The Balaban J connectivity index is 1.66. The molecule has 1 amide bonds. The third-order valence-corrected chi connectivity index (χ3v) is 3.84. The minimum Gasteiger partial charge on any atom is -0.357 e. The predicted octanol–water partition coefficient (Wildman–Crippen LogP) is 1.95. The molecule has 0 spiro atoms. The quantitative estimate of drug-likeness (QED) is 0.933. The van der Waals surface area contributed by atoms with Crippen LogP contribution in [-0.2, 0) is 11.3 Å². The second-order valence-corrected chi connectivity index (χ2v) is 5.48. The Kier molecular flexibility index (Phi) is 4.48. The topological polar surface area (TPSA) is 81.9 Å². The van der Waals surface area contributed by atoms with Crippen LogP contribution < -0.4 is 5.32 Å². The highest BCUT2D eigenvalue weighted by Crippen LogP contribution is 2.18. The van der Waals surface area contributed by atoms with Crippen LogP contribution in [0, 0.1) is 11.3 Å². The molecule has 1 aromatic carbocycles. The molecular formula is C17H17N5O. The van der Waals surface area contributed by atoms with Gasteiger partial charge in [0.15, 0.2) is 5.69 Å². The van der Waals surface area contributed by atoms with Gasteiger partial charge in [0.25, 0.3) is 0 Å². The molecule has 6 nitrogen and oxygen atoms in total. The van der Waals surface area contributed by atoms with E-state index in [4.69, 9.17) is 5.26 Å². The number of nitrogens with one attached hydrogen (secondary N) is 1. The van der Waals surface area contributed by atoms with Gasteiger partial charge in [-0.3, -0.25) is 4.79 Å². The first-order valence-corrected chi connectivity index (χ1v) is 7.57. The molecule has 1 fully saturated rings. The highest BCUT2D eigenvalue weighted by atomic mass is 16.2. The molecule has 1 unspecified atom stereocenters. The van der Waals surface area contributed by atoms with E-state index in [9.17, 15) is 4.79 Å². The van der Waals surface area contributed by atoms with Crippen LogP contribution in [0.1, 0.15) is 24.1 Å². The van der Waals surface area contributed by atoms with Crippen molar-refractivity contribution in [2.24, 2.45) is 0 Å². The van der Waals surface area contributed by atoms with E-state index in [1.165, 1.54) is 12.4 Å². The van der Waals surface area contributed by atoms with Gasteiger partial charge in [-0.1, -0.05) is 30.3 Å². The number of anilines is 1. The molecule has 6 heteroatoms. The Morgan fingerprint density at radius 3 is 2.78 bits per heavy atom. The van der Waals surface area contributed by atoms with Crippen LogP contribution in [0.3, 0.4) is 0 Å². The second kappa shape index (κ2) is 6.88. The molecule has 23 heavy (non-hydrogen) atoms. The maximum Gasteiger partial charge on any atom is 0.245 e. The number of carbonyl (C=O) groups is 1. The van der Waals surface area contributed by atoms with E-state index in [1.54, 1.807) is 0 Å². The number of hydrogen-bond donors (Lipinski definition) is 1. The fourth-order valence-corrected chi connectivity index (χ4v) is 2.67. The lowest BCUT2D eigenvalue weighted by Gasteiger charge is -2.32. The first kappa shape index (κ1) is 15.0. The average Bonchev–Trinajstić information content (AvgIpc) is 2.60. The van der Waals surface area contributed by atoms with Gasteiger partial charge >= 0.3 is 0 Å². The molecule has 2 aromatic rings. The van der Waals surface area contributed by atoms with E-state index in [0.717, 1.165) is 24.9 Å². The van der Waals surface area contributed by atoms with E-state index < -0.39 is 0 Å². The molecule has 1 aliphatic heterocycles. The van der Waals surface area contributed by atoms with Crippen LogP contribution >= 0.6 is 0 Å². The standard InChI is InChI=1S/C17H17N5O/c18-9-14-10-20-16(11-19-14)21-15-7-4-8-22(17(15)23)12-13-5-2-1-3-6-13/h1-3,5-6,10-11,15H,4,7-8,12H2,(H,20,21). The number of likely N-dealkylation sites (tertiary alicyclic amines) is 1.